The molecule has 1 saturated carbocycles. The Morgan fingerprint density at radius 1 is 1.40 bits per heavy atom. The molecule has 0 spiro atoms. The van der Waals surface area contributed by atoms with Crippen molar-refractivity contribution in [3.05, 3.63) is 0 Å². The van der Waals surface area contributed by atoms with Gasteiger partial charge in [0.1, 0.15) is 5.78 Å². The highest BCUT2D eigenvalue weighted by atomic mass is 32.2. The van der Waals surface area contributed by atoms with Crippen LogP contribution in [0.2, 0.25) is 0 Å². The van der Waals surface area contributed by atoms with Crippen LogP contribution in [0.3, 0.4) is 0 Å². The molecule has 0 aromatic heterocycles. The summed E-state index contributed by atoms with van der Waals surface area (Å²) in [5.41, 5.74) is 0. The Kier molecular flexibility index (Phi) is 2.37. The molecule has 2 fully saturated rings. The summed E-state index contributed by atoms with van der Waals surface area (Å²) in [5.74, 6) is -4.50. The molecule has 2 atom stereocenters. The maximum Gasteiger partial charge on any atom is 0.252 e. The Hall–Kier alpha value is -0.520. The zero-order valence-electron chi connectivity index (χ0n) is 8.08. The van der Waals surface area contributed by atoms with Gasteiger partial charge in [0.2, 0.25) is 0 Å². The Labute approximate surface area is 86.8 Å². The maximum absolute atomic E-state index is 12.5. The van der Waals surface area contributed by atoms with Crippen LogP contribution in [-0.2, 0) is 14.6 Å². The summed E-state index contributed by atoms with van der Waals surface area (Å²) < 4.78 is 47.2. The largest absolute Gasteiger partial charge is 0.299 e. The van der Waals surface area contributed by atoms with Crippen molar-refractivity contribution < 1.29 is 22.0 Å². The zero-order chi connectivity index (χ0) is 11.3. The van der Waals surface area contributed by atoms with Gasteiger partial charge in [0.15, 0.2) is 9.84 Å². The first-order valence-electron chi connectivity index (χ1n) is 4.91. The number of hydrogen-bond acceptors (Lipinski definition) is 3. The normalized spacial score (nSPS) is 36.4. The molecule has 1 saturated heterocycles. The Morgan fingerprint density at radius 2 is 2.00 bits per heavy atom. The summed E-state index contributed by atoms with van der Waals surface area (Å²) in [4.78, 5) is 11.5. The number of alkyl halides is 2. The second kappa shape index (κ2) is 3.23. The summed E-state index contributed by atoms with van der Waals surface area (Å²) in [5, 5.41) is 0. The van der Waals surface area contributed by atoms with E-state index in [9.17, 15) is 22.0 Å². The van der Waals surface area contributed by atoms with E-state index in [1.807, 2.05) is 0 Å². The molecule has 6 heteroatoms. The fourth-order valence-electron chi connectivity index (χ4n) is 1.95. The number of hydrogen-bond donors (Lipinski definition) is 0. The average Bonchev–Trinajstić information content (AvgIpc) is 2.54. The minimum Gasteiger partial charge on any atom is -0.299 e. The Balaban J connectivity index is 1.88. The third-order valence-corrected chi connectivity index (χ3v) is 4.86. The second-order valence-corrected chi connectivity index (χ2v) is 6.66. The summed E-state index contributed by atoms with van der Waals surface area (Å²) >= 11 is 0. The van der Waals surface area contributed by atoms with Gasteiger partial charge in [0, 0.05) is 24.7 Å². The van der Waals surface area contributed by atoms with E-state index in [1.54, 1.807) is 0 Å². The van der Waals surface area contributed by atoms with E-state index in [0.717, 1.165) is 0 Å². The summed E-state index contributed by atoms with van der Waals surface area (Å²) in [7, 11) is -3.09. The minimum atomic E-state index is -3.09. The lowest BCUT2D eigenvalue weighted by Crippen LogP contribution is -2.17. The molecule has 0 radical (unpaired) electrons. The lowest BCUT2D eigenvalue weighted by atomic mass is 9.99. The number of Topliss-reactive ketones (excluding diaryl/α,β-unsaturated/α-hetero) is 1. The molecule has 3 nitrogen and oxygen atoms in total. The zero-order valence-corrected chi connectivity index (χ0v) is 8.90. The molecule has 0 aromatic carbocycles. The first-order chi connectivity index (χ1) is 6.80. The van der Waals surface area contributed by atoms with Crippen molar-refractivity contribution in [2.24, 2.45) is 11.8 Å². The molecule has 1 aliphatic heterocycles. The fraction of sp³-hybridized carbons (Fsp3) is 0.889. The molecule has 2 unspecified atom stereocenters. The predicted octanol–water partition coefficient (Wildman–Crippen LogP) is 1.04. The minimum absolute atomic E-state index is 0.0183. The second-order valence-electron chi connectivity index (χ2n) is 4.43. The molecule has 2 aliphatic rings. The summed E-state index contributed by atoms with van der Waals surface area (Å²) in [6.45, 7) is 0. The quantitative estimate of drug-likeness (QED) is 0.738. The number of rotatable bonds is 3. The van der Waals surface area contributed by atoms with Crippen molar-refractivity contribution >= 4 is 15.6 Å². The Morgan fingerprint density at radius 3 is 2.40 bits per heavy atom. The van der Waals surface area contributed by atoms with Gasteiger partial charge in [-0.1, -0.05) is 0 Å². The molecule has 0 amide bonds. The van der Waals surface area contributed by atoms with E-state index >= 15 is 0 Å². The molecule has 0 N–H and O–H groups in total. The lowest BCUT2D eigenvalue weighted by Gasteiger charge is -2.05. The third-order valence-electron chi connectivity index (χ3n) is 3.09. The molecular weight excluding hydrogens is 226 g/mol. The van der Waals surface area contributed by atoms with Crippen LogP contribution in [0.4, 0.5) is 8.78 Å². The van der Waals surface area contributed by atoms with Crippen molar-refractivity contribution in [1.82, 2.24) is 0 Å². The predicted molar refractivity (Wildman–Crippen MR) is 49.4 cm³/mol. The van der Waals surface area contributed by atoms with Crippen LogP contribution in [0, 0.1) is 11.8 Å². The highest BCUT2D eigenvalue weighted by molar-refractivity contribution is 7.91. The van der Waals surface area contributed by atoms with Gasteiger partial charge in [-0.3, -0.25) is 4.79 Å². The van der Waals surface area contributed by atoms with Crippen molar-refractivity contribution in [2.45, 2.75) is 25.2 Å². The van der Waals surface area contributed by atoms with Gasteiger partial charge < -0.3 is 0 Å². The summed E-state index contributed by atoms with van der Waals surface area (Å²) in [6.07, 6.45) is -0.0785. The average molecular weight is 238 g/mol. The van der Waals surface area contributed by atoms with E-state index in [0.29, 0.717) is 6.42 Å². The van der Waals surface area contributed by atoms with Crippen LogP contribution in [-0.4, -0.2) is 31.6 Å². The monoisotopic (exact) mass is 238 g/mol. The van der Waals surface area contributed by atoms with E-state index in [4.69, 9.17) is 0 Å². The molecule has 15 heavy (non-hydrogen) atoms. The number of sulfone groups is 1. The maximum atomic E-state index is 12.5. The SMILES string of the molecule is O=C(CC1CC1(F)F)C1CCS(=O)(=O)C1. The van der Waals surface area contributed by atoms with Crippen molar-refractivity contribution in [2.75, 3.05) is 11.5 Å². The molecule has 0 aromatic rings. The van der Waals surface area contributed by atoms with Gasteiger partial charge in [0.25, 0.3) is 5.92 Å². The Bertz CT molecular complexity index is 388. The first kappa shape index (κ1) is 11.0. The molecule has 1 heterocycles. The van der Waals surface area contributed by atoms with Crippen LogP contribution in [0.5, 0.6) is 0 Å². The summed E-state index contributed by atoms with van der Waals surface area (Å²) in [6, 6.07) is 0. The number of ketones is 1. The lowest BCUT2D eigenvalue weighted by molar-refractivity contribution is -0.123. The molecule has 2 rings (SSSR count). The van der Waals surface area contributed by atoms with Crippen LogP contribution >= 0.6 is 0 Å². The highest BCUT2D eigenvalue weighted by Crippen LogP contribution is 2.51. The topological polar surface area (TPSA) is 51.2 Å². The fourth-order valence-corrected chi connectivity index (χ4v) is 3.73. The van der Waals surface area contributed by atoms with Crippen LogP contribution in [0.25, 0.3) is 0 Å². The van der Waals surface area contributed by atoms with Gasteiger partial charge >= 0.3 is 0 Å². The molecular formula is C9H12F2O3S. The molecule has 86 valence electrons. The van der Waals surface area contributed by atoms with E-state index in [1.165, 1.54) is 0 Å². The number of halogens is 2. The number of carbonyl (C=O) groups is 1. The van der Waals surface area contributed by atoms with Crippen molar-refractivity contribution in [1.29, 1.82) is 0 Å². The van der Waals surface area contributed by atoms with Gasteiger partial charge in [-0.25, -0.2) is 17.2 Å². The van der Waals surface area contributed by atoms with Crippen molar-refractivity contribution in [3.63, 3.8) is 0 Å². The molecule has 1 aliphatic carbocycles. The molecule has 0 bridgehead atoms. The van der Waals surface area contributed by atoms with Gasteiger partial charge in [-0.05, 0) is 6.42 Å². The standard InChI is InChI=1S/C9H12F2O3S/c10-9(11)4-7(9)3-8(12)6-1-2-15(13,14)5-6/h6-7H,1-5H2. The highest BCUT2D eigenvalue weighted by Gasteiger charge is 2.57. The van der Waals surface area contributed by atoms with Crippen LogP contribution in [0.1, 0.15) is 19.3 Å². The number of carbonyl (C=O) groups excluding carboxylic acids is 1. The van der Waals surface area contributed by atoms with Gasteiger partial charge in [-0.2, -0.15) is 0 Å². The third kappa shape index (κ3) is 2.35. The van der Waals surface area contributed by atoms with Crippen LogP contribution in [0.15, 0.2) is 0 Å². The van der Waals surface area contributed by atoms with Crippen molar-refractivity contribution in [3.8, 4) is 0 Å². The van der Waals surface area contributed by atoms with E-state index < -0.39 is 27.6 Å². The smallest absolute Gasteiger partial charge is 0.252 e. The van der Waals surface area contributed by atoms with Gasteiger partial charge in [0.05, 0.1) is 11.5 Å². The van der Waals surface area contributed by atoms with Crippen LogP contribution < -0.4 is 0 Å². The van der Waals surface area contributed by atoms with Gasteiger partial charge in [-0.15, -0.1) is 0 Å². The van der Waals surface area contributed by atoms with E-state index in [2.05, 4.69) is 0 Å². The van der Waals surface area contributed by atoms with E-state index in [-0.39, 0.29) is 30.1 Å². The first-order valence-corrected chi connectivity index (χ1v) is 6.73.